The number of carbonyl (C=O) groups excluding carboxylic acids is 2. The van der Waals surface area contributed by atoms with E-state index in [-0.39, 0.29) is 0 Å². The number of hydrogen-bond acceptors (Lipinski definition) is 7. The van der Waals surface area contributed by atoms with Crippen LogP contribution in [0.3, 0.4) is 0 Å². The van der Waals surface area contributed by atoms with Gasteiger partial charge in [0, 0.05) is 59.7 Å². The summed E-state index contributed by atoms with van der Waals surface area (Å²) in [6, 6.07) is 14.1. The summed E-state index contributed by atoms with van der Waals surface area (Å²) >= 11 is 47.5. The Morgan fingerprint density at radius 3 is 1.59 bits per heavy atom. The Balaban J connectivity index is 0.000000240. The Hall–Kier alpha value is -1.34. The van der Waals surface area contributed by atoms with Crippen molar-refractivity contribution < 1.29 is 14.7 Å². The topological polar surface area (TPSA) is 111 Å². The van der Waals surface area contributed by atoms with Crippen LogP contribution >= 0.6 is 92.8 Å². The molecule has 4 rings (SSSR count). The Kier molecular flexibility index (Phi) is 13.9. The molecule has 0 spiro atoms. The summed E-state index contributed by atoms with van der Waals surface area (Å²) < 4.78 is -3.36. The Labute approximate surface area is 294 Å². The van der Waals surface area contributed by atoms with E-state index < -0.39 is 25.5 Å². The number of rotatable bonds is 9. The third-order valence-electron chi connectivity index (χ3n) is 6.66. The second-order valence-electron chi connectivity index (χ2n) is 9.35. The lowest BCUT2D eigenvalue weighted by Crippen LogP contribution is -2.63. The molecular formula is C27H26Cl8N6O3. The first-order chi connectivity index (χ1) is 20.7. The molecule has 1 aliphatic heterocycles. The van der Waals surface area contributed by atoms with E-state index in [0.717, 1.165) is 0 Å². The predicted molar refractivity (Wildman–Crippen MR) is 177 cm³/mol. The highest BCUT2D eigenvalue weighted by atomic mass is 35.6. The van der Waals surface area contributed by atoms with Crippen LogP contribution in [0, 0.1) is 0 Å². The van der Waals surface area contributed by atoms with Gasteiger partial charge >= 0.3 is 0 Å². The van der Waals surface area contributed by atoms with E-state index >= 15 is 0 Å². The summed E-state index contributed by atoms with van der Waals surface area (Å²) in [5, 5.41) is 17.5. The van der Waals surface area contributed by atoms with Crippen LogP contribution in [0.15, 0.2) is 67.3 Å². The Bertz CT molecular complexity index is 1320. The van der Waals surface area contributed by atoms with Crippen LogP contribution < -0.4 is 10.6 Å². The molecule has 2 aromatic carbocycles. The number of nitrogens with one attached hydrogen (secondary N) is 2. The van der Waals surface area contributed by atoms with Crippen molar-refractivity contribution >= 4 is 106 Å². The largest absolute Gasteiger partial charge is 0.376 e. The van der Waals surface area contributed by atoms with Crippen LogP contribution in [-0.4, -0.2) is 83.8 Å². The highest BCUT2D eigenvalue weighted by Gasteiger charge is 2.42. The number of carbonyl (C=O) groups is 2. The Morgan fingerprint density at radius 1 is 0.727 bits per heavy atom. The van der Waals surface area contributed by atoms with Crippen molar-refractivity contribution in [3.8, 4) is 0 Å². The number of halogens is 8. The first kappa shape index (κ1) is 37.1. The lowest BCUT2D eigenvalue weighted by atomic mass is 9.81. The molecule has 3 aromatic rings. The van der Waals surface area contributed by atoms with E-state index in [1.54, 1.807) is 58.6 Å². The van der Waals surface area contributed by atoms with Crippen molar-refractivity contribution in [1.82, 2.24) is 30.4 Å². The molecule has 44 heavy (non-hydrogen) atoms. The minimum atomic E-state index is -1.68. The predicted octanol–water partition coefficient (Wildman–Crippen LogP) is 5.56. The molecule has 0 radical (unpaired) electrons. The van der Waals surface area contributed by atoms with Gasteiger partial charge in [0.15, 0.2) is 0 Å². The zero-order valence-electron chi connectivity index (χ0n) is 22.6. The molecule has 2 heterocycles. The van der Waals surface area contributed by atoms with Crippen molar-refractivity contribution in [3.05, 3.63) is 94.0 Å². The standard InChI is InChI=1S/C17H12Cl2N2O.C10H14Cl6N4O2/c18-14-7-5-12(6-8-14)17(22,13-9-20-11-21-10-13)15-3-1-2-4-16(15)19;11-9(12,13)7(17-5-21)19-1-2-20(4-3-19)8(18-6-22)10(14,15)16/h1-11,22H;5-8H,1-4H2,(H,17,21)(H,18,22). The zero-order chi connectivity index (χ0) is 32.5. The maximum Gasteiger partial charge on any atom is 0.223 e. The summed E-state index contributed by atoms with van der Waals surface area (Å²) in [4.78, 5) is 32.9. The normalized spacial score (nSPS) is 17.3. The van der Waals surface area contributed by atoms with Gasteiger partial charge in [-0.2, -0.15) is 0 Å². The molecule has 1 saturated heterocycles. The van der Waals surface area contributed by atoms with Gasteiger partial charge in [0.1, 0.15) is 24.3 Å². The van der Waals surface area contributed by atoms with Crippen LogP contribution in [0.2, 0.25) is 10.0 Å². The third-order valence-corrected chi connectivity index (χ3v) is 8.48. The quantitative estimate of drug-likeness (QED) is 0.194. The van der Waals surface area contributed by atoms with Crippen LogP contribution in [0.25, 0.3) is 0 Å². The van der Waals surface area contributed by atoms with Gasteiger partial charge in [-0.25, -0.2) is 9.97 Å². The van der Waals surface area contributed by atoms with E-state index in [9.17, 15) is 14.7 Å². The zero-order valence-corrected chi connectivity index (χ0v) is 28.6. The summed E-state index contributed by atoms with van der Waals surface area (Å²) in [6.07, 6.45) is 3.95. The number of hydrogen-bond donors (Lipinski definition) is 3. The summed E-state index contributed by atoms with van der Waals surface area (Å²) in [5.74, 6) is 0. The van der Waals surface area contributed by atoms with E-state index in [0.29, 0.717) is 65.7 Å². The van der Waals surface area contributed by atoms with Crippen LogP contribution in [0.1, 0.15) is 16.7 Å². The smallest absolute Gasteiger partial charge is 0.223 e. The monoisotopic (exact) mass is 762 g/mol. The average molecular weight is 766 g/mol. The number of alkyl halides is 6. The van der Waals surface area contributed by atoms with E-state index in [1.807, 2.05) is 12.1 Å². The minimum Gasteiger partial charge on any atom is -0.376 e. The Morgan fingerprint density at radius 2 is 1.18 bits per heavy atom. The number of nitrogens with zero attached hydrogens (tertiary/aromatic N) is 4. The van der Waals surface area contributed by atoms with Gasteiger partial charge in [-0.05, 0) is 23.8 Å². The van der Waals surface area contributed by atoms with Gasteiger partial charge in [-0.1, -0.05) is 123 Å². The van der Waals surface area contributed by atoms with Crippen LogP contribution in [0.5, 0.6) is 0 Å². The van der Waals surface area contributed by atoms with Gasteiger partial charge in [0.2, 0.25) is 20.4 Å². The fraction of sp³-hybridized carbons (Fsp3) is 0.333. The molecular weight excluding hydrogens is 740 g/mol. The molecule has 2 amide bonds. The van der Waals surface area contributed by atoms with Crippen molar-refractivity contribution in [1.29, 1.82) is 0 Å². The lowest BCUT2D eigenvalue weighted by molar-refractivity contribution is -0.113. The number of amides is 2. The second-order valence-corrected chi connectivity index (χ2v) is 14.9. The van der Waals surface area contributed by atoms with E-state index in [1.165, 1.54) is 6.33 Å². The first-order valence-corrected chi connectivity index (χ1v) is 15.8. The SMILES string of the molecule is O=CNC(N1CCN(C(NC=O)C(Cl)(Cl)Cl)CC1)C(Cl)(Cl)Cl.OC(c1ccc(Cl)cc1)(c1cncnc1)c1ccccc1Cl. The highest BCUT2D eigenvalue weighted by molar-refractivity contribution is 6.68. The van der Waals surface area contributed by atoms with Crippen LogP contribution in [-0.2, 0) is 15.2 Å². The second kappa shape index (κ2) is 16.5. The van der Waals surface area contributed by atoms with Gasteiger partial charge in [0.05, 0.1) is 0 Å². The number of piperazine rings is 1. The van der Waals surface area contributed by atoms with E-state index in [4.69, 9.17) is 92.8 Å². The van der Waals surface area contributed by atoms with Crippen molar-refractivity contribution in [2.24, 2.45) is 0 Å². The molecule has 3 unspecified atom stereocenters. The molecule has 0 saturated carbocycles. The molecule has 1 aromatic heterocycles. The molecule has 3 atom stereocenters. The number of aliphatic hydroxyl groups is 1. The van der Waals surface area contributed by atoms with Gasteiger partial charge in [0.25, 0.3) is 0 Å². The van der Waals surface area contributed by atoms with Crippen molar-refractivity contribution in [2.45, 2.75) is 25.5 Å². The maximum atomic E-state index is 11.5. The fourth-order valence-electron chi connectivity index (χ4n) is 4.61. The van der Waals surface area contributed by atoms with E-state index in [2.05, 4.69) is 20.6 Å². The van der Waals surface area contributed by atoms with Crippen molar-refractivity contribution in [2.75, 3.05) is 26.2 Å². The average Bonchev–Trinajstić information content (AvgIpc) is 2.99. The van der Waals surface area contributed by atoms with Crippen molar-refractivity contribution in [3.63, 3.8) is 0 Å². The maximum absolute atomic E-state index is 11.5. The third kappa shape index (κ3) is 9.59. The fourth-order valence-corrected chi connectivity index (χ4v) is 6.21. The molecule has 3 N–H and O–H groups in total. The van der Waals surface area contributed by atoms with Gasteiger partial charge in [-0.3, -0.25) is 19.4 Å². The van der Waals surface area contributed by atoms with Gasteiger partial charge < -0.3 is 15.7 Å². The molecule has 0 aliphatic carbocycles. The molecule has 17 heteroatoms. The molecule has 0 bridgehead atoms. The summed E-state index contributed by atoms with van der Waals surface area (Å²) in [6.45, 7) is 1.77. The number of benzene rings is 2. The number of aromatic nitrogens is 2. The molecule has 9 nitrogen and oxygen atoms in total. The lowest BCUT2D eigenvalue weighted by Gasteiger charge is -2.44. The highest BCUT2D eigenvalue weighted by Crippen LogP contribution is 2.40. The first-order valence-electron chi connectivity index (χ1n) is 12.7. The summed E-state index contributed by atoms with van der Waals surface area (Å²) in [7, 11) is 0. The minimum absolute atomic E-state index is 0.442. The molecule has 1 fully saturated rings. The van der Waals surface area contributed by atoms with Gasteiger partial charge in [-0.15, -0.1) is 0 Å². The molecule has 1 aliphatic rings. The summed E-state index contributed by atoms with van der Waals surface area (Å²) in [5.41, 5.74) is 0.281. The molecule has 238 valence electrons. The van der Waals surface area contributed by atoms with Crippen LogP contribution in [0.4, 0.5) is 0 Å².